The van der Waals surface area contributed by atoms with Crippen LogP contribution in [0.1, 0.15) is 69.2 Å². The summed E-state index contributed by atoms with van der Waals surface area (Å²) < 4.78 is 6.33. The zero-order valence-electron chi connectivity index (χ0n) is 17.3. The van der Waals surface area contributed by atoms with Crippen molar-refractivity contribution in [2.24, 2.45) is 22.7 Å². The highest BCUT2D eigenvalue weighted by molar-refractivity contribution is 5.76. The molecule has 0 aromatic heterocycles. The molecule has 4 heteroatoms. The molecule has 2 N–H and O–H groups in total. The largest absolute Gasteiger partial charge is 0.507 e. The fourth-order valence-corrected chi connectivity index (χ4v) is 6.53. The number of carbonyl (C=O) groups is 1. The van der Waals surface area contributed by atoms with Gasteiger partial charge >= 0.3 is 0 Å². The van der Waals surface area contributed by atoms with Crippen LogP contribution in [0.5, 0.6) is 5.75 Å². The molecule has 4 nitrogen and oxygen atoms in total. The monoisotopic (exact) mass is 371 g/mol. The summed E-state index contributed by atoms with van der Waals surface area (Å²) in [7, 11) is 0. The number of rotatable bonds is 3. The Morgan fingerprint density at radius 3 is 2.59 bits per heavy atom. The molecular weight excluding hydrogens is 338 g/mol. The molecule has 1 saturated heterocycles. The van der Waals surface area contributed by atoms with Gasteiger partial charge in [0, 0.05) is 19.1 Å². The van der Waals surface area contributed by atoms with E-state index in [1.807, 2.05) is 20.8 Å². The minimum atomic E-state index is 0.0545. The Labute approximate surface area is 162 Å². The third kappa shape index (κ3) is 2.63. The van der Waals surface area contributed by atoms with Crippen LogP contribution in [-0.2, 0) is 9.53 Å². The van der Waals surface area contributed by atoms with Gasteiger partial charge in [-0.3, -0.25) is 4.79 Å². The van der Waals surface area contributed by atoms with E-state index in [-0.39, 0.29) is 28.9 Å². The highest BCUT2D eigenvalue weighted by Gasteiger charge is 2.68. The quantitative estimate of drug-likeness (QED) is 0.827. The number of aromatic hydroxyl groups is 1. The molecule has 0 unspecified atom stereocenters. The molecule has 3 fully saturated rings. The smallest absolute Gasteiger partial charge is 0.219 e. The van der Waals surface area contributed by atoms with Crippen molar-refractivity contribution in [3.8, 4) is 5.75 Å². The van der Waals surface area contributed by atoms with Crippen molar-refractivity contribution in [3.05, 3.63) is 28.8 Å². The summed E-state index contributed by atoms with van der Waals surface area (Å²) in [5.41, 5.74) is 3.25. The van der Waals surface area contributed by atoms with Gasteiger partial charge in [-0.15, -0.1) is 0 Å². The van der Waals surface area contributed by atoms with Crippen molar-refractivity contribution in [2.75, 3.05) is 6.61 Å². The maximum absolute atomic E-state index is 12.3. The number of ether oxygens (including phenoxy) is 1. The van der Waals surface area contributed by atoms with Crippen molar-refractivity contribution >= 4 is 5.91 Å². The van der Waals surface area contributed by atoms with Crippen LogP contribution in [0.15, 0.2) is 12.1 Å². The highest BCUT2D eigenvalue weighted by atomic mass is 16.5. The lowest BCUT2D eigenvalue weighted by Crippen LogP contribution is -2.58. The third-order valence-corrected chi connectivity index (χ3v) is 7.97. The van der Waals surface area contributed by atoms with E-state index in [4.69, 9.17) is 4.74 Å². The first-order valence-electron chi connectivity index (χ1n) is 10.4. The summed E-state index contributed by atoms with van der Waals surface area (Å²) in [6.07, 6.45) is 3.97. The molecule has 3 aliphatic rings. The van der Waals surface area contributed by atoms with Crippen LogP contribution in [0.25, 0.3) is 0 Å². The van der Waals surface area contributed by atoms with Crippen molar-refractivity contribution in [1.29, 1.82) is 0 Å². The first-order valence-corrected chi connectivity index (χ1v) is 10.4. The fourth-order valence-electron chi connectivity index (χ4n) is 6.53. The Hall–Kier alpha value is -1.55. The van der Waals surface area contributed by atoms with Gasteiger partial charge in [0.05, 0.1) is 6.10 Å². The molecule has 0 radical (unpaired) electrons. The van der Waals surface area contributed by atoms with Crippen LogP contribution < -0.4 is 5.32 Å². The van der Waals surface area contributed by atoms with Crippen LogP contribution in [0.4, 0.5) is 0 Å². The summed E-state index contributed by atoms with van der Waals surface area (Å²) in [4.78, 5) is 12.3. The molecule has 1 aliphatic heterocycles. The second-order valence-corrected chi connectivity index (χ2v) is 9.70. The van der Waals surface area contributed by atoms with Gasteiger partial charge in [-0.1, -0.05) is 20.8 Å². The molecule has 1 amide bonds. The first-order chi connectivity index (χ1) is 12.7. The van der Waals surface area contributed by atoms with Crippen LogP contribution in [-0.4, -0.2) is 23.7 Å². The SMILES string of the molecule is CCC(=O)N[C@H]1C(C)(C)[C@@H]2C[C@@H]3[C@@H](c4cc(C)c(O)c(C)c4)OCC[C@@]31C2. The summed E-state index contributed by atoms with van der Waals surface area (Å²) in [6, 6.07) is 4.39. The molecule has 27 heavy (non-hydrogen) atoms. The van der Waals surface area contributed by atoms with Gasteiger partial charge < -0.3 is 15.2 Å². The number of amides is 1. The molecule has 148 valence electrons. The Balaban J connectivity index is 1.72. The van der Waals surface area contributed by atoms with Gasteiger partial charge in [0.15, 0.2) is 0 Å². The average Bonchev–Trinajstić information content (AvgIpc) is 3.11. The Kier molecular flexibility index (Phi) is 4.34. The van der Waals surface area contributed by atoms with Gasteiger partial charge in [-0.25, -0.2) is 0 Å². The molecule has 1 aromatic carbocycles. The van der Waals surface area contributed by atoms with Gasteiger partial charge in [0.1, 0.15) is 5.75 Å². The Morgan fingerprint density at radius 2 is 1.96 bits per heavy atom. The minimum Gasteiger partial charge on any atom is -0.507 e. The molecule has 1 aromatic rings. The topological polar surface area (TPSA) is 58.6 Å². The molecule has 4 rings (SSSR count). The van der Waals surface area contributed by atoms with Crippen molar-refractivity contribution < 1.29 is 14.6 Å². The van der Waals surface area contributed by atoms with Crippen molar-refractivity contribution in [3.63, 3.8) is 0 Å². The molecule has 2 bridgehead atoms. The fraction of sp³-hybridized carbons (Fsp3) is 0.696. The van der Waals surface area contributed by atoms with E-state index in [0.717, 1.165) is 30.6 Å². The lowest BCUT2D eigenvalue weighted by Gasteiger charge is -2.53. The number of fused-ring (bicyclic) bond motifs is 1. The number of hydrogen-bond acceptors (Lipinski definition) is 3. The van der Waals surface area contributed by atoms with E-state index in [2.05, 4.69) is 31.3 Å². The summed E-state index contributed by atoms with van der Waals surface area (Å²) >= 11 is 0. The predicted octanol–water partition coefficient (Wildman–Crippen LogP) is 4.42. The van der Waals surface area contributed by atoms with Crippen molar-refractivity contribution in [2.45, 2.75) is 72.4 Å². The van der Waals surface area contributed by atoms with Gasteiger partial charge in [-0.05, 0) is 84.6 Å². The average molecular weight is 372 g/mol. The number of phenolic OH excluding ortho intramolecular Hbond substituents is 1. The molecule has 5 atom stereocenters. The van der Waals surface area contributed by atoms with Crippen molar-refractivity contribution in [1.82, 2.24) is 5.32 Å². The zero-order chi connectivity index (χ0) is 19.6. The molecule has 2 saturated carbocycles. The minimum absolute atomic E-state index is 0.0545. The lowest BCUT2D eigenvalue weighted by atomic mass is 9.58. The highest BCUT2D eigenvalue weighted by Crippen LogP contribution is 2.70. The van der Waals surface area contributed by atoms with Crippen LogP contribution >= 0.6 is 0 Å². The van der Waals surface area contributed by atoms with Crippen LogP contribution in [0, 0.1) is 36.5 Å². The molecule has 1 heterocycles. The summed E-state index contributed by atoms with van der Waals surface area (Å²) in [5.74, 6) is 1.59. The number of hydrogen-bond donors (Lipinski definition) is 2. The summed E-state index contributed by atoms with van der Waals surface area (Å²) in [5, 5.41) is 13.6. The van der Waals surface area contributed by atoms with E-state index in [1.54, 1.807) is 0 Å². The van der Waals surface area contributed by atoms with Gasteiger partial charge in [-0.2, -0.15) is 0 Å². The number of aryl methyl sites for hydroxylation is 2. The van der Waals surface area contributed by atoms with E-state index in [9.17, 15) is 9.90 Å². The van der Waals surface area contributed by atoms with Gasteiger partial charge in [0.2, 0.25) is 5.91 Å². The van der Waals surface area contributed by atoms with Crippen LogP contribution in [0.2, 0.25) is 0 Å². The van der Waals surface area contributed by atoms with Crippen LogP contribution in [0.3, 0.4) is 0 Å². The Bertz CT molecular complexity index is 748. The van der Waals surface area contributed by atoms with E-state index < -0.39 is 0 Å². The predicted molar refractivity (Wildman–Crippen MR) is 106 cm³/mol. The number of carbonyl (C=O) groups excluding carboxylic acids is 1. The lowest BCUT2D eigenvalue weighted by molar-refractivity contribution is -0.137. The maximum Gasteiger partial charge on any atom is 0.219 e. The normalized spacial score (nSPS) is 36.5. The van der Waals surface area contributed by atoms with Gasteiger partial charge in [0.25, 0.3) is 0 Å². The van der Waals surface area contributed by atoms with E-state index in [0.29, 0.717) is 24.0 Å². The number of benzene rings is 1. The second kappa shape index (κ2) is 6.23. The first kappa shape index (κ1) is 18.8. The maximum atomic E-state index is 12.3. The second-order valence-electron chi connectivity index (χ2n) is 9.70. The summed E-state index contributed by atoms with van der Waals surface area (Å²) in [6.45, 7) is 11.3. The molecular formula is C23H33NO3. The molecule has 2 aliphatic carbocycles. The standard InChI is InChI=1S/C23H33NO3/c1-6-18(25)24-21-22(4,5)16-11-17-20(27-8-7-23(17,21)12-16)15-9-13(2)19(26)14(3)10-15/h9-10,16-17,20-21,26H,6-8,11-12H2,1-5H3,(H,24,25)/t16-,17-,20-,21+,23-/m1/s1. The van der Waals surface area contributed by atoms with E-state index in [1.165, 1.54) is 12.0 Å². The zero-order valence-corrected chi connectivity index (χ0v) is 17.3. The number of phenols is 1. The van der Waals surface area contributed by atoms with E-state index >= 15 is 0 Å². The Morgan fingerprint density at radius 1 is 1.30 bits per heavy atom. The molecule has 1 spiro atoms. The number of nitrogens with one attached hydrogen (secondary N) is 1. The third-order valence-electron chi connectivity index (χ3n) is 7.97.